The van der Waals surface area contributed by atoms with Crippen molar-refractivity contribution in [2.75, 3.05) is 0 Å². The molecule has 1 aromatic heterocycles. The smallest absolute Gasteiger partial charge is 0.0493 e. The van der Waals surface area contributed by atoms with Crippen molar-refractivity contribution < 1.29 is 0 Å². The summed E-state index contributed by atoms with van der Waals surface area (Å²) in [6.45, 7) is 2.20. The van der Waals surface area contributed by atoms with Gasteiger partial charge in [0, 0.05) is 18.6 Å². The Morgan fingerprint density at radius 2 is 2.31 bits per heavy atom. The molecule has 0 aromatic carbocycles. The van der Waals surface area contributed by atoms with Crippen LogP contribution < -0.4 is 0 Å². The Morgan fingerprint density at radius 3 is 3.00 bits per heavy atom. The SMILES string of the molecule is CCCC/C=C/C=C\n1cccn1. The van der Waals surface area contributed by atoms with Crippen molar-refractivity contribution in [3.05, 3.63) is 36.7 Å². The van der Waals surface area contributed by atoms with E-state index >= 15 is 0 Å². The molecule has 0 aliphatic heterocycles. The first-order valence-electron chi connectivity index (χ1n) is 4.76. The molecule has 0 fully saturated rings. The Hall–Kier alpha value is -1.31. The zero-order chi connectivity index (χ0) is 9.36. The minimum atomic E-state index is 1.17. The van der Waals surface area contributed by atoms with Gasteiger partial charge in [-0.25, -0.2) is 4.68 Å². The summed E-state index contributed by atoms with van der Waals surface area (Å²) in [7, 11) is 0. The van der Waals surface area contributed by atoms with Crippen LogP contribution in [0.2, 0.25) is 0 Å². The third kappa shape index (κ3) is 4.31. The van der Waals surface area contributed by atoms with E-state index in [1.807, 2.05) is 24.5 Å². The maximum atomic E-state index is 4.05. The number of allylic oxidation sites excluding steroid dienone is 3. The van der Waals surface area contributed by atoms with Gasteiger partial charge < -0.3 is 0 Å². The molecule has 1 aromatic rings. The molecule has 0 saturated carbocycles. The average Bonchev–Trinajstić information content (AvgIpc) is 2.63. The van der Waals surface area contributed by atoms with Gasteiger partial charge in [0.25, 0.3) is 0 Å². The fourth-order valence-corrected chi connectivity index (χ4v) is 1.00. The molecule has 0 amide bonds. The predicted octanol–water partition coefficient (Wildman–Crippen LogP) is 3.10. The number of hydrogen-bond donors (Lipinski definition) is 0. The predicted molar refractivity (Wildman–Crippen MR) is 56.2 cm³/mol. The minimum absolute atomic E-state index is 1.17. The van der Waals surface area contributed by atoms with Gasteiger partial charge in [-0.05, 0) is 18.6 Å². The third-order valence-corrected chi connectivity index (χ3v) is 1.74. The van der Waals surface area contributed by atoms with Crippen molar-refractivity contribution in [1.82, 2.24) is 9.78 Å². The van der Waals surface area contributed by atoms with Crippen molar-refractivity contribution in [1.29, 1.82) is 0 Å². The molecule has 0 radical (unpaired) electrons. The molecular formula is C11H16N2. The van der Waals surface area contributed by atoms with Crippen LogP contribution in [-0.4, -0.2) is 9.78 Å². The quantitative estimate of drug-likeness (QED) is 0.498. The Balaban J connectivity index is 2.22. The van der Waals surface area contributed by atoms with Gasteiger partial charge in [0.1, 0.15) is 0 Å². The van der Waals surface area contributed by atoms with Gasteiger partial charge >= 0.3 is 0 Å². The van der Waals surface area contributed by atoms with Gasteiger partial charge in [-0.15, -0.1) is 0 Å². The lowest BCUT2D eigenvalue weighted by Gasteiger charge is -1.87. The highest BCUT2D eigenvalue weighted by Crippen LogP contribution is 1.95. The van der Waals surface area contributed by atoms with Gasteiger partial charge in [-0.2, -0.15) is 5.10 Å². The zero-order valence-corrected chi connectivity index (χ0v) is 8.06. The molecule has 70 valence electrons. The molecule has 0 bridgehead atoms. The summed E-state index contributed by atoms with van der Waals surface area (Å²) < 4.78 is 1.78. The normalized spacial score (nSPS) is 11.8. The molecule has 2 heteroatoms. The lowest BCUT2D eigenvalue weighted by Crippen LogP contribution is -1.82. The molecule has 0 aliphatic rings. The molecule has 1 heterocycles. The fraction of sp³-hybridized carbons (Fsp3) is 0.364. The van der Waals surface area contributed by atoms with E-state index < -0.39 is 0 Å². The van der Waals surface area contributed by atoms with E-state index in [1.54, 1.807) is 10.9 Å². The third-order valence-electron chi connectivity index (χ3n) is 1.74. The monoisotopic (exact) mass is 176 g/mol. The molecule has 1 rings (SSSR count). The van der Waals surface area contributed by atoms with E-state index in [4.69, 9.17) is 0 Å². The Bertz CT molecular complexity index is 258. The first-order chi connectivity index (χ1) is 6.43. The molecule has 13 heavy (non-hydrogen) atoms. The highest BCUT2D eigenvalue weighted by molar-refractivity contribution is 5.25. The highest BCUT2D eigenvalue weighted by Gasteiger charge is 1.78. The molecular weight excluding hydrogens is 160 g/mol. The number of hydrogen-bond acceptors (Lipinski definition) is 1. The lowest BCUT2D eigenvalue weighted by molar-refractivity contribution is 0.815. The number of unbranched alkanes of at least 4 members (excludes halogenated alkanes) is 2. The maximum absolute atomic E-state index is 4.05. The summed E-state index contributed by atoms with van der Waals surface area (Å²) >= 11 is 0. The van der Waals surface area contributed by atoms with Crippen molar-refractivity contribution in [3.8, 4) is 0 Å². The molecule has 0 unspecified atom stereocenters. The Labute approximate surface area is 79.6 Å². The second kappa shape index (κ2) is 6.23. The van der Waals surface area contributed by atoms with E-state index in [0.29, 0.717) is 0 Å². The highest BCUT2D eigenvalue weighted by atomic mass is 15.2. The van der Waals surface area contributed by atoms with E-state index in [-0.39, 0.29) is 0 Å². The summed E-state index contributed by atoms with van der Waals surface area (Å²) in [6.07, 6.45) is 15.6. The van der Waals surface area contributed by atoms with Crippen LogP contribution in [0.1, 0.15) is 26.2 Å². The second-order valence-electron chi connectivity index (χ2n) is 2.90. The maximum Gasteiger partial charge on any atom is 0.0493 e. The minimum Gasteiger partial charge on any atom is -0.248 e. The molecule has 0 aliphatic carbocycles. The number of nitrogens with zero attached hydrogens (tertiary/aromatic N) is 2. The van der Waals surface area contributed by atoms with Crippen LogP contribution in [0.4, 0.5) is 0 Å². The van der Waals surface area contributed by atoms with Crippen LogP contribution in [0.15, 0.2) is 36.7 Å². The molecule has 0 spiro atoms. The van der Waals surface area contributed by atoms with Crippen molar-refractivity contribution in [2.24, 2.45) is 0 Å². The van der Waals surface area contributed by atoms with E-state index in [2.05, 4.69) is 24.2 Å². The summed E-state index contributed by atoms with van der Waals surface area (Å²) in [4.78, 5) is 0. The molecule has 0 saturated heterocycles. The van der Waals surface area contributed by atoms with Gasteiger partial charge in [0.05, 0.1) is 0 Å². The average molecular weight is 176 g/mol. The molecule has 0 N–H and O–H groups in total. The summed E-state index contributed by atoms with van der Waals surface area (Å²) in [6, 6.07) is 1.91. The second-order valence-corrected chi connectivity index (χ2v) is 2.90. The standard InChI is InChI=1S/C11H16N2/c1-2-3-4-5-6-7-10-13-11-8-9-12-13/h5-11H,2-4H2,1H3/b6-5+,10-7-. The largest absolute Gasteiger partial charge is 0.248 e. The summed E-state index contributed by atoms with van der Waals surface area (Å²) in [5, 5.41) is 4.05. The Kier molecular flexibility index (Phi) is 4.69. The number of rotatable bonds is 5. The van der Waals surface area contributed by atoms with Gasteiger partial charge in [-0.1, -0.05) is 31.9 Å². The first-order valence-corrected chi connectivity index (χ1v) is 4.76. The lowest BCUT2D eigenvalue weighted by atomic mass is 10.2. The summed E-state index contributed by atoms with van der Waals surface area (Å²) in [5.41, 5.74) is 0. The van der Waals surface area contributed by atoms with Crippen molar-refractivity contribution >= 4 is 6.20 Å². The number of aromatic nitrogens is 2. The molecule has 0 atom stereocenters. The topological polar surface area (TPSA) is 17.8 Å². The van der Waals surface area contributed by atoms with Gasteiger partial charge in [0.2, 0.25) is 0 Å². The van der Waals surface area contributed by atoms with Crippen LogP contribution in [0.25, 0.3) is 6.20 Å². The van der Waals surface area contributed by atoms with Crippen molar-refractivity contribution in [3.63, 3.8) is 0 Å². The van der Waals surface area contributed by atoms with Gasteiger partial charge in [0.15, 0.2) is 0 Å². The van der Waals surface area contributed by atoms with E-state index in [1.165, 1.54) is 19.3 Å². The van der Waals surface area contributed by atoms with Crippen LogP contribution in [0.3, 0.4) is 0 Å². The summed E-state index contributed by atoms with van der Waals surface area (Å²) in [5.74, 6) is 0. The van der Waals surface area contributed by atoms with Gasteiger partial charge in [-0.3, -0.25) is 0 Å². The van der Waals surface area contributed by atoms with Crippen molar-refractivity contribution in [2.45, 2.75) is 26.2 Å². The first kappa shape index (κ1) is 9.78. The fourth-order valence-electron chi connectivity index (χ4n) is 1.00. The Morgan fingerprint density at radius 1 is 1.38 bits per heavy atom. The molecule has 2 nitrogen and oxygen atoms in total. The van der Waals surface area contributed by atoms with Crippen LogP contribution in [0, 0.1) is 0 Å². The van der Waals surface area contributed by atoms with Crippen LogP contribution in [0.5, 0.6) is 0 Å². The van der Waals surface area contributed by atoms with E-state index in [9.17, 15) is 0 Å². The van der Waals surface area contributed by atoms with Crippen LogP contribution >= 0.6 is 0 Å². The zero-order valence-electron chi connectivity index (χ0n) is 8.06. The van der Waals surface area contributed by atoms with E-state index in [0.717, 1.165) is 0 Å². The van der Waals surface area contributed by atoms with Crippen LogP contribution in [-0.2, 0) is 0 Å².